The molecule has 0 amide bonds. The van der Waals surface area contributed by atoms with Gasteiger partial charge in [-0.1, -0.05) is 32.6 Å². The molecule has 0 aromatic carbocycles. The highest BCUT2D eigenvalue weighted by atomic mass is 16.5. The first-order valence-electron chi connectivity index (χ1n) is 6.61. The molecule has 1 aliphatic carbocycles. The predicted octanol–water partition coefficient (Wildman–Crippen LogP) is 5.01. The fraction of sp³-hybridized carbons (Fsp3) is 0.625. The third-order valence-corrected chi connectivity index (χ3v) is 3.57. The van der Waals surface area contributed by atoms with E-state index >= 15 is 0 Å². The summed E-state index contributed by atoms with van der Waals surface area (Å²) in [7, 11) is 0. The van der Waals surface area contributed by atoms with Crippen molar-refractivity contribution in [2.75, 3.05) is 0 Å². The molecule has 0 aromatic heterocycles. The number of hydrogen-bond acceptors (Lipinski definition) is 1. The van der Waals surface area contributed by atoms with Crippen molar-refractivity contribution in [3.63, 3.8) is 0 Å². The first-order chi connectivity index (χ1) is 7.98. The summed E-state index contributed by atoms with van der Waals surface area (Å²) in [6, 6.07) is 0. The Balaban J connectivity index is 2.59. The molecule has 0 spiro atoms. The monoisotopic (exact) mass is 234 g/mol. The number of ether oxygens (including phenoxy) is 1. The lowest BCUT2D eigenvalue weighted by molar-refractivity contribution is 0.0518. The van der Waals surface area contributed by atoms with Crippen LogP contribution < -0.4 is 0 Å². The van der Waals surface area contributed by atoms with E-state index in [1.54, 1.807) is 0 Å². The Morgan fingerprint density at radius 3 is 2.35 bits per heavy atom. The first-order valence-corrected chi connectivity index (χ1v) is 6.61. The zero-order valence-corrected chi connectivity index (χ0v) is 11.8. The zero-order valence-electron chi connectivity index (χ0n) is 11.8. The van der Waals surface area contributed by atoms with Crippen molar-refractivity contribution < 1.29 is 4.74 Å². The smallest absolute Gasteiger partial charge is 0.122 e. The van der Waals surface area contributed by atoms with Crippen molar-refractivity contribution >= 4 is 0 Å². The average Bonchev–Trinajstić information content (AvgIpc) is 2.28. The largest absolute Gasteiger partial charge is 0.490 e. The van der Waals surface area contributed by atoms with E-state index in [0.29, 0.717) is 11.5 Å². The van der Waals surface area contributed by atoms with Gasteiger partial charge in [0.1, 0.15) is 5.76 Å². The summed E-state index contributed by atoms with van der Waals surface area (Å²) in [4.78, 5) is 0. The normalized spacial score (nSPS) is 22.4. The van der Waals surface area contributed by atoms with Crippen LogP contribution in [0.5, 0.6) is 0 Å². The summed E-state index contributed by atoms with van der Waals surface area (Å²) < 4.78 is 6.06. The fourth-order valence-electron chi connectivity index (χ4n) is 2.30. The van der Waals surface area contributed by atoms with Crippen LogP contribution in [0.2, 0.25) is 0 Å². The molecule has 17 heavy (non-hydrogen) atoms. The van der Waals surface area contributed by atoms with E-state index in [2.05, 4.69) is 33.4 Å². The molecule has 0 bridgehead atoms. The molecule has 1 fully saturated rings. The summed E-state index contributed by atoms with van der Waals surface area (Å²) in [5, 5.41) is 0. The van der Waals surface area contributed by atoms with Crippen LogP contribution in [0.4, 0.5) is 0 Å². The van der Waals surface area contributed by atoms with Crippen molar-refractivity contribution in [2.45, 2.75) is 59.5 Å². The van der Waals surface area contributed by atoms with E-state index in [-0.39, 0.29) is 0 Å². The molecule has 1 saturated carbocycles. The quantitative estimate of drug-likeness (QED) is 0.491. The minimum atomic E-state index is 0.372. The number of allylic oxidation sites excluding steroid dienone is 4. The van der Waals surface area contributed by atoms with Gasteiger partial charge in [-0.2, -0.15) is 0 Å². The van der Waals surface area contributed by atoms with E-state index < -0.39 is 0 Å². The second-order valence-corrected chi connectivity index (χ2v) is 5.73. The van der Waals surface area contributed by atoms with E-state index in [9.17, 15) is 0 Å². The molecule has 1 heteroatoms. The van der Waals surface area contributed by atoms with Gasteiger partial charge in [0.2, 0.25) is 0 Å². The van der Waals surface area contributed by atoms with Gasteiger partial charge in [0.25, 0.3) is 0 Å². The molecule has 0 atom stereocenters. The molecule has 0 saturated heterocycles. The summed E-state index contributed by atoms with van der Waals surface area (Å²) in [5.74, 6) is 0.938. The van der Waals surface area contributed by atoms with Crippen LogP contribution in [0.1, 0.15) is 53.4 Å². The summed E-state index contributed by atoms with van der Waals surface area (Å²) >= 11 is 0. The third-order valence-electron chi connectivity index (χ3n) is 3.57. The van der Waals surface area contributed by atoms with Crippen LogP contribution in [0.3, 0.4) is 0 Å². The Labute approximate surface area is 106 Å². The summed E-state index contributed by atoms with van der Waals surface area (Å²) in [6.45, 7) is 12.6. The fourth-order valence-corrected chi connectivity index (χ4v) is 2.30. The van der Waals surface area contributed by atoms with Gasteiger partial charge in [-0.05, 0) is 56.6 Å². The Morgan fingerprint density at radius 2 is 1.88 bits per heavy atom. The number of hydrogen-bond donors (Lipinski definition) is 0. The number of rotatable bonds is 4. The molecule has 1 rings (SSSR count). The van der Waals surface area contributed by atoms with Gasteiger partial charge in [-0.3, -0.25) is 0 Å². The van der Waals surface area contributed by atoms with Crippen LogP contribution >= 0.6 is 0 Å². The first kappa shape index (κ1) is 14.1. The maximum atomic E-state index is 6.06. The van der Waals surface area contributed by atoms with Crippen molar-refractivity contribution in [3.8, 4) is 0 Å². The van der Waals surface area contributed by atoms with E-state index in [1.165, 1.54) is 12.8 Å². The third kappa shape index (κ3) is 4.41. The standard InChI is InChI=1S/C16H26O/c1-6-8-13(3)15(7-2)17-14-9-11-16(4,5)12-10-14/h6-8,14H,2,9-12H2,1,3-5H3/b8-6-,15-13-. The molecule has 1 nitrogen and oxygen atoms in total. The minimum Gasteiger partial charge on any atom is -0.490 e. The Hall–Kier alpha value is -0.980. The second-order valence-electron chi connectivity index (χ2n) is 5.73. The van der Waals surface area contributed by atoms with Gasteiger partial charge in [-0.15, -0.1) is 0 Å². The highest BCUT2D eigenvalue weighted by Crippen LogP contribution is 2.37. The average molecular weight is 234 g/mol. The second kappa shape index (κ2) is 6.09. The van der Waals surface area contributed by atoms with Gasteiger partial charge in [0.15, 0.2) is 0 Å². The Bertz CT molecular complexity index is 310. The molecule has 0 N–H and O–H groups in total. The molecular weight excluding hydrogens is 208 g/mol. The molecule has 0 unspecified atom stereocenters. The maximum absolute atomic E-state index is 6.06. The van der Waals surface area contributed by atoms with Crippen molar-refractivity contribution in [1.29, 1.82) is 0 Å². The van der Waals surface area contributed by atoms with Crippen molar-refractivity contribution in [1.82, 2.24) is 0 Å². The Kier molecular flexibility index (Phi) is 5.04. The summed E-state index contributed by atoms with van der Waals surface area (Å²) in [5.41, 5.74) is 1.66. The lowest BCUT2D eigenvalue weighted by Gasteiger charge is -2.34. The van der Waals surface area contributed by atoms with Crippen LogP contribution in [-0.4, -0.2) is 6.10 Å². The van der Waals surface area contributed by atoms with E-state index in [4.69, 9.17) is 4.74 Å². The topological polar surface area (TPSA) is 9.23 Å². The molecule has 0 aromatic rings. The minimum absolute atomic E-state index is 0.372. The van der Waals surface area contributed by atoms with Crippen LogP contribution in [0.25, 0.3) is 0 Å². The lowest BCUT2D eigenvalue weighted by Crippen LogP contribution is -2.26. The van der Waals surface area contributed by atoms with Gasteiger partial charge in [0.05, 0.1) is 6.10 Å². The van der Waals surface area contributed by atoms with Gasteiger partial charge >= 0.3 is 0 Å². The highest BCUT2D eigenvalue weighted by molar-refractivity contribution is 5.26. The molecule has 0 heterocycles. The van der Waals surface area contributed by atoms with Crippen LogP contribution in [-0.2, 0) is 4.74 Å². The van der Waals surface area contributed by atoms with Gasteiger partial charge < -0.3 is 4.74 Å². The predicted molar refractivity (Wildman–Crippen MR) is 74.8 cm³/mol. The van der Waals surface area contributed by atoms with Gasteiger partial charge in [-0.25, -0.2) is 0 Å². The SMILES string of the molecule is C=C/C(OC1CCC(C)(C)CC1)=C(C)/C=C\C. The molecular formula is C16H26O. The molecule has 0 radical (unpaired) electrons. The Morgan fingerprint density at radius 1 is 1.29 bits per heavy atom. The molecule has 1 aliphatic rings. The molecule has 0 aliphatic heterocycles. The summed E-state index contributed by atoms with van der Waals surface area (Å²) in [6.07, 6.45) is 11.1. The lowest BCUT2D eigenvalue weighted by atomic mass is 9.76. The van der Waals surface area contributed by atoms with Crippen LogP contribution in [0.15, 0.2) is 36.1 Å². The van der Waals surface area contributed by atoms with Gasteiger partial charge in [0, 0.05) is 0 Å². The van der Waals surface area contributed by atoms with E-state index in [0.717, 1.165) is 24.2 Å². The maximum Gasteiger partial charge on any atom is 0.122 e. The zero-order chi connectivity index (χ0) is 12.9. The van der Waals surface area contributed by atoms with E-state index in [1.807, 2.05) is 19.1 Å². The van der Waals surface area contributed by atoms with Crippen LogP contribution in [0, 0.1) is 5.41 Å². The van der Waals surface area contributed by atoms with Crippen molar-refractivity contribution in [3.05, 3.63) is 36.1 Å². The highest BCUT2D eigenvalue weighted by Gasteiger charge is 2.27. The van der Waals surface area contributed by atoms with Crippen molar-refractivity contribution in [2.24, 2.45) is 5.41 Å². The molecule has 96 valence electrons.